The molecule has 0 saturated heterocycles. The smallest absolute Gasteiger partial charge is 0.413 e. The van der Waals surface area contributed by atoms with Gasteiger partial charge in [0.25, 0.3) is 0 Å². The maximum Gasteiger partial charge on any atom is 0.413 e. The zero-order valence-electron chi connectivity index (χ0n) is 11.5. The Morgan fingerprint density at radius 1 is 1.14 bits per heavy atom. The molecule has 1 atom stereocenters. The molecule has 0 fully saturated rings. The molecule has 106 valence electrons. The van der Waals surface area contributed by atoms with Crippen molar-refractivity contribution in [1.82, 2.24) is 5.32 Å². The van der Waals surface area contributed by atoms with Crippen LogP contribution in [0.2, 0.25) is 0 Å². The zero-order chi connectivity index (χ0) is 14.7. The minimum Gasteiger partial charge on any atom is -0.453 e. The number of anilines is 1. The van der Waals surface area contributed by atoms with Crippen LogP contribution < -0.4 is 10.6 Å². The van der Waals surface area contributed by atoms with Gasteiger partial charge in [-0.2, -0.15) is 0 Å². The summed E-state index contributed by atoms with van der Waals surface area (Å²) in [7, 11) is 1.32. The van der Waals surface area contributed by atoms with Crippen LogP contribution in [-0.4, -0.2) is 19.2 Å². The van der Waals surface area contributed by atoms with Crippen LogP contribution in [0.3, 0.4) is 0 Å². The van der Waals surface area contributed by atoms with Gasteiger partial charge in [-0.1, -0.05) is 48.5 Å². The van der Waals surface area contributed by atoms with E-state index in [1.165, 1.54) is 7.11 Å². The molecule has 2 aromatic rings. The molecule has 2 aromatic carbocycles. The number of benzene rings is 2. The fourth-order valence-electron chi connectivity index (χ4n) is 2.31. The summed E-state index contributed by atoms with van der Waals surface area (Å²) < 4.78 is 4.61. The van der Waals surface area contributed by atoms with Gasteiger partial charge in [-0.15, -0.1) is 0 Å². The third kappa shape index (κ3) is 2.72. The number of fused-ring (bicyclic) bond motifs is 1. The van der Waals surface area contributed by atoms with Crippen LogP contribution in [-0.2, 0) is 4.74 Å². The number of nitrogens with one attached hydrogen (secondary N) is 2. The maximum atomic E-state index is 11.4. The van der Waals surface area contributed by atoms with Crippen LogP contribution in [0.15, 0.2) is 59.6 Å². The number of hydrogen-bond acceptors (Lipinski definition) is 4. The Balaban J connectivity index is 2.00. The topological polar surface area (TPSA) is 62.7 Å². The number of carbonyl (C=O) groups is 1. The van der Waals surface area contributed by atoms with Gasteiger partial charge >= 0.3 is 6.09 Å². The van der Waals surface area contributed by atoms with E-state index in [0.717, 1.165) is 16.8 Å². The van der Waals surface area contributed by atoms with Gasteiger partial charge in [0.15, 0.2) is 0 Å². The first-order valence-electron chi connectivity index (χ1n) is 6.61. The van der Waals surface area contributed by atoms with Crippen molar-refractivity contribution in [3.8, 4) is 0 Å². The largest absolute Gasteiger partial charge is 0.453 e. The van der Waals surface area contributed by atoms with E-state index in [2.05, 4.69) is 20.4 Å². The Bertz CT molecular complexity index is 683. The predicted octanol–water partition coefficient (Wildman–Crippen LogP) is 2.91. The molecule has 1 aliphatic heterocycles. The number of nitrogens with zero attached hydrogens (tertiary/aromatic N) is 1. The Kier molecular flexibility index (Phi) is 3.55. The third-order valence-electron chi connectivity index (χ3n) is 3.29. The molecular weight excluding hydrogens is 266 g/mol. The summed E-state index contributed by atoms with van der Waals surface area (Å²) in [6.07, 6.45) is -0.549. The van der Waals surface area contributed by atoms with E-state index in [1.807, 2.05) is 54.6 Å². The van der Waals surface area contributed by atoms with Crippen LogP contribution in [0.25, 0.3) is 0 Å². The zero-order valence-corrected chi connectivity index (χ0v) is 11.5. The van der Waals surface area contributed by atoms with Gasteiger partial charge in [0.2, 0.25) is 5.96 Å². The maximum absolute atomic E-state index is 11.4. The fraction of sp³-hybridized carbons (Fsp3) is 0.125. The van der Waals surface area contributed by atoms with E-state index >= 15 is 0 Å². The Morgan fingerprint density at radius 2 is 1.86 bits per heavy atom. The van der Waals surface area contributed by atoms with Crippen LogP contribution in [0.1, 0.15) is 17.2 Å². The molecular formula is C16H15N3O2. The number of alkyl carbamates (subject to hydrolysis) is 1. The fourth-order valence-corrected chi connectivity index (χ4v) is 2.31. The Morgan fingerprint density at radius 3 is 2.62 bits per heavy atom. The minimum atomic E-state index is -0.549. The second-order valence-electron chi connectivity index (χ2n) is 4.62. The van der Waals surface area contributed by atoms with Gasteiger partial charge < -0.3 is 10.1 Å². The third-order valence-corrected chi connectivity index (χ3v) is 3.29. The second kappa shape index (κ2) is 5.66. The van der Waals surface area contributed by atoms with E-state index in [0.29, 0.717) is 5.96 Å². The molecule has 0 bridgehead atoms. The minimum absolute atomic E-state index is 0.157. The normalized spacial score (nSPS) is 16.2. The van der Waals surface area contributed by atoms with Crippen LogP contribution in [0.5, 0.6) is 0 Å². The monoisotopic (exact) mass is 281 g/mol. The average Bonchev–Trinajstić information content (AvgIpc) is 2.55. The summed E-state index contributed by atoms with van der Waals surface area (Å²) in [4.78, 5) is 16.0. The van der Waals surface area contributed by atoms with Gasteiger partial charge in [-0.3, -0.25) is 5.32 Å². The lowest BCUT2D eigenvalue weighted by Gasteiger charge is -2.25. The van der Waals surface area contributed by atoms with Crippen molar-refractivity contribution in [3.05, 3.63) is 65.7 Å². The summed E-state index contributed by atoms with van der Waals surface area (Å²) >= 11 is 0. The van der Waals surface area contributed by atoms with Crippen molar-refractivity contribution in [1.29, 1.82) is 0 Å². The number of methoxy groups -OCH3 is 1. The Hall–Kier alpha value is -2.82. The van der Waals surface area contributed by atoms with Crippen LogP contribution >= 0.6 is 0 Å². The highest BCUT2D eigenvalue weighted by molar-refractivity contribution is 6.04. The highest BCUT2D eigenvalue weighted by Gasteiger charge is 2.23. The van der Waals surface area contributed by atoms with Gasteiger partial charge in [0, 0.05) is 11.3 Å². The molecule has 5 heteroatoms. The molecule has 5 nitrogen and oxygen atoms in total. The number of guanidine groups is 1. The number of carbonyl (C=O) groups excluding carboxylic acids is 1. The van der Waals surface area contributed by atoms with Crippen molar-refractivity contribution >= 4 is 17.7 Å². The number of ether oxygens (including phenoxy) is 1. The number of rotatable bonds is 1. The Labute approximate surface area is 122 Å². The molecule has 1 amide bonds. The number of hydrogen-bond donors (Lipinski definition) is 2. The van der Waals surface area contributed by atoms with Crippen LogP contribution in [0, 0.1) is 0 Å². The van der Waals surface area contributed by atoms with Crippen molar-refractivity contribution < 1.29 is 9.53 Å². The molecule has 3 rings (SSSR count). The predicted molar refractivity (Wildman–Crippen MR) is 81.3 cm³/mol. The number of amides is 1. The molecule has 0 saturated carbocycles. The summed E-state index contributed by atoms with van der Waals surface area (Å²) in [6, 6.07) is 17.7. The lowest BCUT2D eigenvalue weighted by Crippen LogP contribution is -2.38. The molecule has 2 N–H and O–H groups in total. The molecule has 1 aliphatic rings. The summed E-state index contributed by atoms with van der Waals surface area (Å²) in [5.41, 5.74) is 3.06. The molecule has 0 aromatic heterocycles. The average molecular weight is 281 g/mol. The van der Waals surface area contributed by atoms with E-state index in [1.54, 1.807) is 0 Å². The molecule has 21 heavy (non-hydrogen) atoms. The summed E-state index contributed by atoms with van der Waals surface area (Å²) in [5, 5.41) is 5.69. The van der Waals surface area contributed by atoms with Crippen molar-refractivity contribution in [2.24, 2.45) is 4.99 Å². The van der Waals surface area contributed by atoms with E-state index in [9.17, 15) is 4.79 Å². The number of aliphatic imine (C=N–C) groups is 1. The molecule has 1 heterocycles. The molecule has 0 aliphatic carbocycles. The first kappa shape index (κ1) is 13.2. The van der Waals surface area contributed by atoms with Crippen molar-refractivity contribution in [2.45, 2.75) is 6.04 Å². The van der Waals surface area contributed by atoms with E-state index in [4.69, 9.17) is 0 Å². The standard InChI is InChI=1S/C16H15N3O2/c1-21-16(20)19-15-17-13-10-6-5-9-12(13)14(18-15)11-7-3-2-4-8-11/h2-10,14H,1H3,(H2,17,18,19,20)/t14-/m1/s1. The summed E-state index contributed by atoms with van der Waals surface area (Å²) in [5.74, 6) is 0.384. The first-order valence-corrected chi connectivity index (χ1v) is 6.61. The van der Waals surface area contributed by atoms with Gasteiger partial charge in [-0.25, -0.2) is 9.79 Å². The first-order chi connectivity index (χ1) is 10.3. The highest BCUT2D eigenvalue weighted by Crippen LogP contribution is 2.34. The van der Waals surface area contributed by atoms with E-state index < -0.39 is 6.09 Å². The van der Waals surface area contributed by atoms with E-state index in [-0.39, 0.29) is 6.04 Å². The lowest BCUT2D eigenvalue weighted by atomic mass is 9.96. The van der Waals surface area contributed by atoms with Crippen molar-refractivity contribution in [3.63, 3.8) is 0 Å². The SMILES string of the molecule is COC(=O)NC1=N[C@H](c2ccccc2)c2ccccc2N1. The number of para-hydroxylation sites is 1. The molecule has 0 spiro atoms. The quantitative estimate of drug-likeness (QED) is 0.844. The van der Waals surface area contributed by atoms with Gasteiger partial charge in [-0.05, 0) is 11.6 Å². The lowest BCUT2D eigenvalue weighted by molar-refractivity contribution is 0.176. The van der Waals surface area contributed by atoms with Crippen LogP contribution in [0.4, 0.5) is 10.5 Å². The highest BCUT2D eigenvalue weighted by atomic mass is 16.5. The molecule has 0 radical (unpaired) electrons. The van der Waals surface area contributed by atoms with Gasteiger partial charge in [0.1, 0.15) is 6.04 Å². The van der Waals surface area contributed by atoms with Gasteiger partial charge in [0.05, 0.1) is 7.11 Å². The van der Waals surface area contributed by atoms with Crippen molar-refractivity contribution in [2.75, 3.05) is 12.4 Å². The molecule has 0 unspecified atom stereocenters. The summed E-state index contributed by atoms with van der Waals surface area (Å²) in [6.45, 7) is 0. The second-order valence-corrected chi connectivity index (χ2v) is 4.62.